The molecule has 0 bridgehead atoms. The SMILES string of the molecule is CN1CCN(C2CCN(c3nn(C)c4cc(N)cc(-c5ncc(Cl)c(-c6cnn(S(C)(=O)=O)c6)n5)c34)CC2)CC1. The topological polar surface area (TPSA) is 131 Å². The van der Waals surface area contributed by atoms with Gasteiger partial charge in [0.25, 0.3) is 10.0 Å². The van der Waals surface area contributed by atoms with Crippen LogP contribution in [0, 0.1) is 0 Å². The minimum absolute atomic E-state index is 0.286. The summed E-state index contributed by atoms with van der Waals surface area (Å²) >= 11 is 6.47. The van der Waals surface area contributed by atoms with Gasteiger partial charge in [0.2, 0.25) is 0 Å². The molecule has 6 rings (SSSR count). The molecule has 2 aliphatic heterocycles. The van der Waals surface area contributed by atoms with Crippen LogP contribution in [0.15, 0.2) is 30.7 Å². The Hall–Kier alpha value is -3.26. The van der Waals surface area contributed by atoms with Gasteiger partial charge in [0.1, 0.15) is 0 Å². The number of hydrogen-bond acceptors (Lipinski definition) is 10. The Morgan fingerprint density at radius 2 is 1.75 bits per heavy atom. The molecule has 14 heteroatoms. The number of rotatable bonds is 5. The van der Waals surface area contributed by atoms with Crippen molar-refractivity contribution in [3.05, 3.63) is 35.7 Å². The molecule has 0 spiro atoms. The second-order valence-corrected chi connectivity index (χ2v) is 13.0. The summed E-state index contributed by atoms with van der Waals surface area (Å²) in [7, 11) is 0.556. The van der Waals surface area contributed by atoms with Crippen LogP contribution in [0.5, 0.6) is 0 Å². The van der Waals surface area contributed by atoms with Gasteiger partial charge in [-0.25, -0.2) is 18.4 Å². The van der Waals surface area contributed by atoms with Crippen molar-refractivity contribution in [3.8, 4) is 22.6 Å². The molecule has 0 saturated carbocycles. The van der Waals surface area contributed by atoms with E-state index in [1.54, 1.807) is 0 Å². The lowest BCUT2D eigenvalue weighted by Crippen LogP contribution is -2.52. The highest BCUT2D eigenvalue weighted by molar-refractivity contribution is 7.89. The molecule has 1 aromatic carbocycles. The Morgan fingerprint density at radius 1 is 1.02 bits per heavy atom. The van der Waals surface area contributed by atoms with E-state index in [0.717, 1.165) is 84.7 Å². The highest BCUT2D eigenvalue weighted by Gasteiger charge is 2.29. The van der Waals surface area contributed by atoms with Gasteiger partial charge < -0.3 is 15.5 Å². The number of anilines is 2. The molecule has 5 heterocycles. The Kier molecular flexibility index (Phi) is 6.93. The number of likely N-dealkylation sites (N-methyl/N-ethyl adjacent to an activating group) is 1. The summed E-state index contributed by atoms with van der Waals surface area (Å²) in [5, 5.41) is 10.1. The molecule has 2 N–H and O–H groups in total. The maximum Gasteiger partial charge on any atom is 0.250 e. The summed E-state index contributed by atoms with van der Waals surface area (Å²) in [4.78, 5) is 16.7. The van der Waals surface area contributed by atoms with Gasteiger partial charge in [-0.2, -0.15) is 14.3 Å². The van der Waals surface area contributed by atoms with Crippen LogP contribution in [0.4, 0.5) is 11.5 Å². The summed E-state index contributed by atoms with van der Waals surface area (Å²) in [6, 6.07) is 4.36. The second kappa shape index (κ2) is 10.3. The Morgan fingerprint density at radius 3 is 2.42 bits per heavy atom. The molecule has 40 heavy (non-hydrogen) atoms. The first kappa shape index (κ1) is 26.9. The van der Waals surface area contributed by atoms with Gasteiger partial charge in [0.05, 0.1) is 46.5 Å². The third-order valence-corrected chi connectivity index (χ3v) is 9.09. The predicted octanol–water partition coefficient (Wildman–Crippen LogP) is 2.15. The van der Waals surface area contributed by atoms with Crippen molar-refractivity contribution < 1.29 is 8.42 Å². The minimum Gasteiger partial charge on any atom is -0.399 e. The summed E-state index contributed by atoms with van der Waals surface area (Å²) in [6.45, 7) is 6.30. The lowest BCUT2D eigenvalue weighted by molar-refractivity contribution is 0.0981. The largest absolute Gasteiger partial charge is 0.399 e. The number of fused-ring (bicyclic) bond motifs is 1. The quantitative estimate of drug-likeness (QED) is 0.348. The summed E-state index contributed by atoms with van der Waals surface area (Å²) in [5.41, 5.74) is 9.38. The number of piperazine rings is 1. The first-order chi connectivity index (χ1) is 19.1. The lowest BCUT2D eigenvalue weighted by Gasteiger charge is -2.42. The lowest BCUT2D eigenvalue weighted by atomic mass is 10.0. The number of hydrogen-bond donors (Lipinski definition) is 1. The van der Waals surface area contributed by atoms with Crippen LogP contribution in [-0.4, -0.2) is 106 Å². The molecular weight excluding hydrogens is 552 g/mol. The summed E-state index contributed by atoms with van der Waals surface area (Å²) < 4.78 is 26.6. The van der Waals surface area contributed by atoms with E-state index in [1.807, 2.05) is 23.9 Å². The average Bonchev–Trinajstić information content (AvgIpc) is 3.55. The number of aryl methyl sites for hydroxylation is 1. The molecule has 212 valence electrons. The summed E-state index contributed by atoms with van der Waals surface area (Å²) in [5.74, 6) is 1.31. The van der Waals surface area contributed by atoms with E-state index in [2.05, 4.69) is 31.8 Å². The van der Waals surface area contributed by atoms with E-state index in [9.17, 15) is 8.42 Å². The van der Waals surface area contributed by atoms with Crippen LogP contribution >= 0.6 is 11.6 Å². The number of nitrogen functional groups attached to an aromatic ring is 1. The zero-order valence-corrected chi connectivity index (χ0v) is 24.4. The van der Waals surface area contributed by atoms with Crippen LogP contribution in [0.25, 0.3) is 33.5 Å². The molecule has 2 fully saturated rings. The van der Waals surface area contributed by atoms with Gasteiger partial charge in [0, 0.05) is 69.2 Å². The van der Waals surface area contributed by atoms with Crippen molar-refractivity contribution in [2.24, 2.45) is 7.05 Å². The van der Waals surface area contributed by atoms with E-state index in [1.165, 1.54) is 18.6 Å². The van der Waals surface area contributed by atoms with Crippen molar-refractivity contribution in [1.29, 1.82) is 0 Å². The van der Waals surface area contributed by atoms with E-state index >= 15 is 0 Å². The van der Waals surface area contributed by atoms with Gasteiger partial charge in [-0.05, 0) is 32.0 Å². The smallest absolute Gasteiger partial charge is 0.250 e. The van der Waals surface area contributed by atoms with Crippen LogP contribution < -0.4 is 10.6 Å². The van der Waals surface area contributed by atoms with Crippen molar-refractivity contribution >= 4 is 44.0 Å². The van der Waals surface area contributed by atoms with Crippen molar-refractivity contribution in [1.82, 2.24) is 38.7 Å². The van der Waals surface area contributed by atoms with Gasteiger partial charge >= 0.3 is 0 Å². The molecule has 3 aromatic heterocycles. The van der Waals surface area contributed by atoms with E-state index in [0.29, 0.717) is 28.8 Å². The fourth-order valence-electron chi connectivity index (χ4n) is 5.72. The third kappa shape index (κ3) is 5.02. The molecule has 0 radical (unpaired) electrons. The highest BCUT2D eigenvalue weighted by Crippen LogP contribution is 2.38. The van der Waals surface area contributed by atoms with Gasteiger partial charge in [-0.3, -0.25) is 9.58 Å². The zero-order chi connectivity index (χ0) is 28.2. The Balaban J connectivity index is 1.36. The van der Waals surface area contributed by atoms with Crippen molar-refractivity contribution in [2.75, 3.05) is 63.2 Å². The Labute approximate surface area is 238 Å². The molecular formula is C26H33ClN10O2S. The van der Waals surface area contributed by atoms with E-state index in [4.69, 9.17) is 27.4 Å². The minimum atomic E-state index is -3.55. The first-order valence-corrected chi connectivity index (χ1v) is 15.5. The number of nitrogens with two attached hydrogens (primary N) is 1. The van der Waals surface area contributed by atoms with E-state index in [-0.39, 0.29) is 5.02 Å². The number of halogens is 1. The zero-order valence-electron chi connectivity index (χ0n) is 22.8. The maximum absolute atomic E-state index is 12.0. The average molecular weight is 585 g/mol. The van der Waals surface area contributed by atoms with Crippen molar-refractivity contribution in [2.45, 2.75) is 18.9 Å². The number of nitrogens with zero attached hydrogens (tertiary/aromatic N) is 9. The number of benzene rings is 1. The third-order valence-electron chi connectivity index (χ3n) is 7.93. The molecule has 0 amide bonds. The van der Waals surface area contributed by atoms with E-state index < -0.39 is 10.0 Å². The van der Waals surface area contributed by atoms with Crippen LogP contribution in [0.3, 0.4) is 0 Å². The predicted molar refractivity (Wildman–Crippen MR) is 157 cm³/mol. The molecule has 2 aliphatic rings. The van der Waals surface area contributed by atoms with Crippen LogP contribution in [-0.2, 0) is 17.1 Å². The van der Waals surface area contributed by atoms with Crippen LogP contribution in [0.2, 0.25) is 5.02 Å². The molecule has 0 unspecified atom stereocenters. The fourth-order valence-corrected chi connectivity index (χ4v) is 6.44. The highest BCUT2D eigenvalue weighted by atomic mass is 35.5. The number of piperidine rings is 1. The normalized spacial score (nSPS) is 18.1. The molecule has 12 nitrogen and oxygen atoms in total. The number of aromatic nitrogens is 6. The first-order valence-electron chi connectivity index (χ1n) is 13.3. The second-order valence-electron chi connectivity index (χ2n) is 10.7. The van der Waals surface area contributed by atoms with Gasteiger partial charge in [-0.15, -0.1) is 0 Å². The van der Waals surface area contributed by atoms with Gasteiger partial charge in [-0.1, -0.05) is 11.6 Å². The van der Waals surface area contributed by atoms with Crippen LogP contribution in [0.1, 0.15) is 12.8 Å². The fraction of sp³-hybridized carbons (Fsp3) is 0.462. The van der Waals surface area contributed by atoms with Gasteiger partial charge in [0.15, 0.2) is 11.6 Å². The standard InChI is InChI=1S/C26H33ClN10O2S/c1-33-8-10-35(11-9-33)19-4-6-36(7-5-19)26-23-20(12-18(28)13-22(23)34(2)32-26)25-29-15-21(27)24(31-25)17-14-30-37(16-17)40(3,38)39/h12-16,19H,4-11,28H2,1-3H3. The summed E-state index contributed by atoms with van der Waals surface area (Å²) in [6.07, 6.45) is 7.58. The molecule has 4 aromatic rings. The van der Waals surface area contributed by atoms with Crippen molar-refractivity contribution in [3.63, 3.8) is 0 Å². The Bertz CT molecular complexity index is 1670. The molecule has 0 aliphatic carbocycles. The molecule has 0 atom stereocenters. The molecule has 2 saturated heterocycles. The monoisotopic (exact) mass is 584 g/mol. The maximum atomic E-state index is 12.0.